The maximum Gasteiger partial charge on any atom is 0.338 e. The second-order valence-electron chi connectivity index (χ2n) is 6.06. The van der Waals surface area contributed by atoms with E-state index in [1.54, 1.807) is 25.3 Å². The molecule has 0 saturated heterocycles. The molecule has 0 aliphatic carbocycles. The summed E-state index contributed by atoms with van der Waals surface area (Å²) in [5, 5.41) is 0.671. The average molecular weight is 394 g/mol. The van der Waals surface area contributed by atoms with Crippen LogP contribution in [0.4, 0.5) is 0 Å². The predicted octanol–water partition coefficient (Wildman–Crippen LogP) is 4.55. The largest absolute Gasteiger partial charge is 0.472 e. The third-order valence-electron chi connectivity index (χ3n) is 4.06. The van der Waals surface area contributed by atoms with Crippen molar-refractivity contribution in [2.75, 3.05) is 12.9 Å². The van der Waals surface area contributed by atoms with Crippen molar-refractivity contribution in [2.24, 2.45) is 0 Å². The highest BCUT2D eigenvalue weighted by molar-refractivity contribution is 7.98. The van der Waals surface area contributed by atoms with E-state index in [-0.39, 0.29) is 5.97 Å². The molecule has 0 atom stereocenters. The van der Waals surface area contributed by atoms with Crippen molar-refractivity contribution in [3.63, 3.8) is 0 Å². The number of nitrogens with zero attached hydrogens (tertiary/aromatic N) is 2. The second kappa shape index (κ2) is 9.90. The molecular formula is C22H22N2O3S. The molecule has 144 valence electrons. The molecule has 0 saturated carbocycles. The van der Waals surface area contributed by atoms with Gasteiger partial charge in [-0.1, -0.05) is 54.2 Å². The summed E-state index contributed by atoms with van der Waals surface area (Å²) in [7, 11) is 0. The standard InChI is InChI=1S/C22H22N2O3S/c1-3-26-21(25)18-11-9-16(10-12-18)13-19-14-23-22(28-2)24-20(19)27-15-17-7-5-4-6-8-17/h4-12,14H,3,13,15H2,1-2H3. The lowest BCUT2D eigenvalue weighted by Crippen LogP contribution is -2.05. The highest BCUT2D eigenvalue weighted by Gasteiger charge is 2.11. The molecule has 0 bridgehead atoms. The van der Waals surface area contributed by atoms with Crippen LogP contribution in [0.25, 0.3) is 0 Å². The lowest BCUT2D eigenvalue weighted by Gasteiger charge is -2.12. The number of aromatic nitrogens is 2. The minimum absolute atomic E-state index is 0.311. The van der Waals surface area contributed by atoms with Crippen LogP contribution in [0.15, 0.2) is 66.0 Å². The number of carbonyl (C=O) groups is 1. The van der Waals surface area contributed by atoms with Gasteiger partial charge in [0.2, 0.25) is 5.88 Å². The third-order valence-corrected chi connectivity index (χ3v) is 4.63. The summed E-state index contributed by atoms with van der Waals surface area (Å²) in [4.78, 5) is 20.7. The molecule has 0 radical (unpaired) electrons. The first-order valence-corrected chi connectivity index (χ1v) is 10.2. The van der Waals surface area contributed by atoms with Crippen molar-refractivity contribution in [1.29, 1.82) is 0 Å². The summed E-state index contributed by atoms with van der Waals surface area (Å²) in [5.74, 6) is 0.270. The van der Waals surface area contributed by atoms with Crippen LogP contribution in [0.5, 0.6) is 5.88 Å². The van der Waals surface area contributed by atoms with E-state index in [4.69, 9.17) is 9.47 Å². The number of hydrogen-bond donors (Lipinski definition) is 0. The fourth-order valence-electron chi connectivity index (χ4n) is 2.64. The molecule has 6 heteroatoms. The lowest BCUT2D eigenvalue weighted by molar-refractivity contribution is 0.0526. The maximum absolute atomic E-state index is 11.8. The Kier molecular flexibility index (Phi) is 7.03. The fraction of sp³-hybridized carbons (Fsp3) is 0.227. The lowest BCUT2D eigenvalue weighted by atomic mass is 10.1. The van der Waals surface area contributed by atoms with Crippen LogP contribution in [-0.4, -0.2) is 28.8 Å². The number of esters is 1. The molecule has 5 nitrogen and oxygen atoms in total. The van der Waals surface area contributed by atoms with Gasteiger partial charge in [-0.2, -0.15) is 4.98 Å². The topological polar surface area (TPSA) is 61.3 Å². The number of benzene rings is 2. The number of rotatable bonds is 8. The van der Waals surface area contributed by atoms with Gasteiger partial charge in [0.25, 0.3) is 0 Å². The molecule has 0 amide bonds. The molecule has 0 aliphatic rings. The summed E-state index contributed by atoms with van der Waals surface area (Å²) < 4.78 is 11.0. The fourth-order valence-corrected chi connectivity index (χ4v) is 2.97. The first-order valence-electron chi connectivity index (χ1n) is 9.02. The van der Waals surface area contributed by atoms with Gasteiger partial charge in [0.05, 0.1) is 12.2 Å². The van der Waals surface area contributed by atoms with Crippen LogP contribution < -0.4 is 4.74 Å². The second-order valence-corrected chi connectivity index (χ2v) is 6.83. The summed E-state index contributed by atoms with van der Waals surface area (Å²) in [6.45, 7) is 2.60. The minimum atomic E-state index is -0.311. The van der Waals surface area contributed by atoms with Crippen molar-refractivity contribution < 1.29 is 14.3 Å². The Morgan fingerprint density at radius 3 is 2.46 bits per heavy atom. The molecular weight excluding hydrogens is 372 g/mol. The van der Waals surface area contributed by atoms with Crippen LogP contribution in [0, 0.1) is 0 Å². The predicted molar refractivity (Wildman–Crippen MR) is 110 cm³/mol. The molecule has 3 rings (SSSR count). The van der Waals surface area contributed by atoms with E-state index in [1.807, 2.05) is 48.7 Å². The molecule has 2 aromatic carbocycles. The molecule has 3 aromatic rings. The van der Waals surface area contributed by atoms with Gasteiger partial charge in [-0.15, -0.1) is 0 Å². The molecule has 1 aromatic heterocycles. The van der Waals surface area contributed by atoms with Gasteiger partial charge < -0.3 is 9.47 Å². The highest BCUT2D eigenvalue weighted by Crippen LogP contribution is 2.23. The van der Waals surface area contributed by atoms with E-state index in [0.717, 1.165) is 16.7 Å². The summed E-state index contributed by atoms with van der Waals surface area (Å²) in [6.07, 6.45) is 4.35. The van der Waals surface area contributed by atoms with Crippen molar-refractivity contribution in [3.8, 4) is 5.88 Å². The summed E-state index contributed by atoms with van der Waals surface area (Å²) in [6, 6.07) is 17.4. The van der Waals surface area contributed by atoms with Crippen LogP contribution >= 0.6 is 11.8 Å². The Morgan fingerprint density at radius 1 is 1.04 bits per heavy atom. The summed E-state index contributed by atoms with van der Waals surface area (Å²) >= 11 is 1.48. The van der Waals surface area contributed by atoms with Crippen molar-refractivity contribution >= 4 is 17.7 Å². The van der Waals surface area contributed by atoms with Crippen molar-refractivity contribution in [2.45, 2.75) is 25.1 Å². The Bertz CT molecular complexity index is 915. The molecule has 1 heterocycles. The zero-order chi connectivity index (χ0) is 19.8. The van der Waals surface area contributed by atoms with Gasteiger partial charge in [0.1, 0.15) is 6.61 Å². The van der Waals surface area contributed by atoms with E-state index >= 15 is 0 Å². The van der Waals surface area contributed by atoms with E-state index in [9.17, 15) is 4.79 Å². The number of ether oxygens (including phenoxy) is 2. The van der Waals surface area contributed by atoms with Crippen molar-refractivity contribution in [1.82, 2.24) is 9.97 Å². The number of thioether (sulfide) groups is 1. The monoisotopic (exact) mass is 394 g/mol. The van der Waals surface area contributed by atoms with Gasteiger partial charge in [-0.25, -0.2) is 9.78 Å². The SMILES string of the molecule is CCOC(=O)c1ccc(Cc2cnc(SC)nc2OCc2ccccc2)cc1. The number of carbonyl (C=O) groups excluding carboxylic acids is 1. The van der Waals surface area contributed by atoms with Crippen LogP contribution in [0.2, 0.25) is 0 Å². The van der Waals surface area contributed by atoms with E-state index in [1.165, 1.54) is 11.8 Å². The Morgan fingerprint density at radius 2 is 1.79 bits per heavy atom. The van der Waals surface area contributed by atoms with Crippen LogP contribution in [0.1, 0.15) is 34.0 Å². The zero-order valence-corrected chi connectivity index (χ0v) is 16.7. The van der Waals surface area contributed by atoms with Crippen LogP contribution in [0.3, 0.4) is 0 Å². The van der Waals surface area contributed by atoms with Gasteiger partial charge in [-0.05, 0) is 36.4 Å². The highest BCUT2D eigenvalue weighted by atomic mass is 32.2. The molecule has 0 N–H and O–H groups in total. The first-order chi connectivity index (χ1) is 13.7. The Labute approximate surface area is 169 Å². The normalized spacial score (nSPS) is 10.5. The smallest absolute Gasteiger partial charge is 0.338 e. The van der Waals surface area contributed by atoms with E-state index in [0.29, 0.717) is 36.2 Å². The molecule has 0 spiro atoms. The van der Waals surface area contributed by atoms with E-state index in [2.05, 4.69) is 9.97 Å². The van der Waals surface area contributed by atoms with Crippen LogP contribution in [-0.2, 0) is 17.8 Å². The molecule has 28 heavy (non-hydrogen) atoms. The summed E-state index contributed by atoms with van der Waals surface area (Å²) in [5.41, 5.74) is 3.56. The van der Waals surface area contributed by atoms with Gasteiger partial charge in [0.15, 0.2) is 5.16 Å². The number of hydrogen-bond acceptors (Lipinski definition) is 6. The quantitative estimate of drug-likeness (QED) is 0.317. The minimum Gasteiger partial charge on any atom is -0.472 e. The van der Waals surface area contributed by atoms with E-state index < -0.39 is 0 Å². The maximum atomic E-state index is 11.8. The molecule has 0 unspecified atom stereocenters. The van der Waals surface area contributed by atoms with Gasteiger partial charge in [0, 0.05) is 18.2 Å². The van der Waals surface area contributed by atoms with Gasteiger partial charge >= 0.3 is 5.97 Å². The molecule has 0 fully saturated rings. The average Bonchev–Trinajstić information content (AvgIpc) is 2.74. The first kappa shape index (κ1) is 19.9. The Hall–Kier alpha value is -2.86. The van der Waals surface area contributed by atoms with Crippen molar-refractivity contribution in [3.05, 3.63) is 83.0 Å². The van der Waals surface area contributed by atoms with Gasteiger partial charge in [-0.3, -0.25) is 0 Å². The molecule has 0 aliphatic heterocycles. The third kappa shape index (κ3) is 5.33. The Balaban J connectivity index is 1.76. The zero-order valence-electron chi connectivity index (χ0n) is 15.9.